The van der Waals surface area contributed by atoms with Crippen molar-refractivity contribution in [1.82, 2.24) is 25.0 Å². The normalized spacial score (nSPS) is 15.3. The first-order chi connectivity index (χ1) is 15.1. The van der Waals surface area contributed by atoms with Crippen molar-refractivity contribution in [3.05, 3.63) is 72.8 Å². The Labute approximate surface area is 181 Å². The van der Waals surface area contributed by atoms with Crippen LogP contribution in [-0.2, 0) is 4.79 Å². The number of aromatic nitrogens is 3. The topological polar surface area (TPSA) is 92.2 Å². The highest BCUT2D eigenvalue weighted by molar-refractivity contribution is 5.92. The largest absolute Gasteiger partial charge is 0.331 e. The highest BCUT2D eigenvalue weighted by Gasteiger charge is 2.28. The number of anilines is 1. The molecule has 1 aliphatic rings. The van der Waals surface area contributed by atoms with E-state index < -0.39 is 0 Å². The lowest BCUT2D eigenvalue weighted by atomic mass is 9.96. The smallest absolute Gasteiger partial charge is 0.317 e. The summed E-state index contributed by atoms with van der Waals surface area (Å²) in [6.45, 7) is 3.09. The van der Waals surface area contributed by atoms with E-state index in [0.717, 1.165) is 16.9 Å². The van der Waals surface area contributed by atoms with E-state index in [1.807, 2.05) is 61.5 Å². The van der Waals surface area contributed by atoms with Crippen LogP contribution in [0.15, 0.2) is 67.3 Å². The molecule has 160 valence electrons. The maximum Gasteiger partial charge on any atom is 0.317 e. The number of rotatable bonds is 5. The van der Waals surface area contributed by atoms with E-state index in [9.17, 15) is 9.59 Å². The van der Waals surface area contributed by atoms with Crippen LogP contribution in [0.1, 0.15) is 31.4 Å². The van der Waals surface area contributed by atoms with Gasteiger partial charge in [-0.3, -0.25) is 4.79 Å². The van der Waals surface area contributed by atoms with Gasteiger partial charge in [-0.1, -0.05) is 30.3 Å². The highest BCUT2D eigenvalue weighted by atomic mass is 16.2. The van der Waals surface area contributed by atoms with Gasteiger partial charge in [-0.2, -0.15) is 5.10 Å². The molecule has 0 radical (unpaired) electrons. The van der Waals surface area contributed by atoms with Gasteiger partial charge < -0.3 is 15.5 Å². The van der Waals surface area contributed by atoms with Gasteiger partial charge in [0.05, 0.1) is 11.7 Å². The van der Waals surface area contributed by atoms with Crippen molar-refractivity contribution < 1.29 is 9.59 Å². The predicted molar refractivity (Wildman–Crippen MR) is 118 cm³/mol. The van der Waals surface area contributed by atoms with Gasteiger partial charge in [-0.05, 0) is 49.6 Å². The Kier molecular flexibility index (Phi) is 6.26. The monoisotopic (exact) mass is 418 g/mol. The Bertz CT molecular complexity index is 996. The number of nitrogens with zero attached hydrogens (tertiary/aromatic N) is 4. The van der Waals surface area contributed by atoms with Crippen molar-refractivity contribution in [2.75, 3.05) is 18.4 Å². The second-order valence-corrected chi connectivity index (χ2v) is 7.72. The molecule has 1 atom stereocenters. The molecular weight excluding hydrogens is 392 g/mol. The van der Waals surface area contributed by atoms with Crippen LogP contribution >= 0.6 is 0 Å². The molecule has 1 unspecified atom stereocenters. The van der Waals surface area contributed by atoms with Gasteiger partial charge in [-0.15, -0.1) is 0 Å². The Hall–Kier alpha value is -3.68. The Morgan fingerprint density at radius 1 is 1.03 bits per heavy atom. The molecule has 2 aromatic carbocycles. The van der Waals surface area contributed by atoms with E-state index in [2.05, 4.69) is 20.7 Å². The van der Waals surface area contributed by atoms with E-state index in [0.29, 0.717) is 25.9 Å². The maximum absolute atomic E-state index is 12.7. The zero-order valence-electron chi connectivity index (χ0n) is 17.4. The molecule has 1 aromatic heterocycles. The first kappa shape index (κ1) is 20.6. The molecule has 3 amide bonds. The van der Waals surface area contributed by atoms with Crippen LogP contribution in [0.25, 0.3) is 5.69 Å². The predicted octanol–water partition coefficient (Wildman–Crippen LogP) is 3.39. The molecule has 0 saturated carbocycles. The molecule has 0 aliphatic carbocycles. The first-order valence-electron chi connectivity index (χ1n) is 10.5. The summed E-state index contributed by atoms with van der Waals surface area (Å²) < 4.78 is 1.69. The van der Waals surface area contributed by atoms with Gasteiger partial charge in [0.15, 0.2) is 0 Å². The average Bonchev–Trinajstić information content (AvgIpc) is 3.35. The first-order valence-corrected chi connectivity index (χ1v) is 10.5. The third-order valence-electron chi connectivity index (χ3n) is 5.61. The molecule has 4 rings (SSSR count). The fourth-order valence-corrected chi connectivity index (χ4v) is 3.73. The van der Waals surface area contributed by atoms with Crippen molar-refractivity contribution >= 4 is 17.6 Å². The summed E-state index contributed by atoms with van der Waals surface area (Å²) in [6, 6.07) is 17.1. The van der Waals surface area contributed by atoms with E-state index >= 15 is 0 Å². The zero-order valence-corrected chi connectivity index (χ0v) is 17.4. The van der Waals surface area contributed by atoms with E-state index in [1.54, 1.807) is 15.9 Å². The van der Waals surface area contributed by atoms with Gasteiger partial charge in [0.1, 0.15) is 12.7 Å². The lowest BCUT2D eigenvalue weighted by molar-refractivity contribution is -0.121. The van der Waals surface area contributed by atoms with Crippen molar-refractivity contribution in [3.8, 4) is 5.69 Å². The number of carbonyl (C=O) groups is 2. The average molecular weight is 419 g/mol. The summed E-state index contributed by atoms with van der Waals surface area (Å²) in [6.07, 6.45) is 4.45. The molecule has 1 aliphatic heterocycles. The van der Waals surface area contributed by atoms with Crippen molar-refractivity contribution in [3.63, 3.8) is 0 Å². The highest BCUT2D eigenvalue weighted by Crippen LogP contribution is 2.21. The van der Waals surface area contributed by atoms with E-state index in [1.165, 1.54) is 6.33 Å². The molecule has 8 heteroatoms. The quantitative estimate of drug-likeness (QED) is 0.664. The Morgan fingerprint density at radius 2 is 1.74 bits per heavy atom. The molecule has 2 heterocycles. The Balaban J connectivity index is 1.26. The van der Waals surface area contributed by atoms with Gasteiger partial charge in [0.25, 0.3) is 0 Å². The third kappa shape index (κ3) is 5.09. The molecule has 3 aromatic rings. The fourth-order valence-electron chi connectivity index (χ4n) is 3.73. The van der Waals surface area contributed by atoms with Crippen LogP contribution < -0.4 is 10.6 Å². The van der Waals surface area contributed by atoms with Gasteiger partial charge in [0.2, 0.25) is 5.91 Å². The number of benzene rings is 2. The molecule has 31 heavy (non-hydrogen) atoms. The number of carbonyl (C=O) groups excluding carboxylic acids is 2. The minimum atomic E-state index is -0.128. The van der Waals surface area contributed by atoms with Crippen LogP contribution in [-0.4, -0.2) is 44.7 Å². The van der Waals surface area contributed by atoms with Crippen LogP contribution in [0.4, 0.5) is 10.5 Å². The summed E-state index contributed by atoms with van der Waals surface area (Å²) in [5, 5.41) is 10.1. The second kappa shape index (κ2) is 9.42. The van der Waals surface area contributed by atoms with E-state index in [-0.39, 0.29) is 23.9 Å². The maximum atomic E-state index is 12.7. The van der Waals surface area contributed by atoms with Crippen molar-refractivity contribution in [1.29, 1.82) is 0 Å². The number of likely N-dealkylation sites (tertiary alicyclic amines) is 1. The van der Waals surface area contributed by atoms with Crippen molar-refractivity contribution in [2.45, 2.75) is 25.8 Å². The SMILES string of the molecule is CC(NC(=O)N1CCC(C(=O)Nc2ccccc2)CC1)c1ccc(-n2cncn2)cc1. The summed E-state index contributed by atoms with van der Waals surface area (Å²) in [5.74, 6) is -0.0573. The van der Waals surface area contributed by atoms with Gasteiger partial charge in [-0.25, -0.2) is 14.5 Å². The number of para-hydroxylation sites is 1. The van der Waals surface area contributed by atoms with Crippen LogP contribution in [0, 0.1) is 5.92 Å². The molecule has 2 N–H and O–H groups in total. The summed E-state index contributed by atoms with van der Waals surface area (Å²) >= 11 is 0. The van der Waals surface area contributed by atoms with Crippen LogP contribution in [0.5, 0.6) is 0 Å². The molecule has 1 saturated heterocycles. The van der Waals surface area contributed by atoms with Crippen molar-refractivity contribution in [2.24, 2.45) is 5.92 Å². The summed E-state index contributed by atoms with van der Waals surface area (Å²) in [4.78, 5) is 30.9. The Morgan fingerprint density at radius 3 is 2.39 bits per heavy atom. The minimum absolute atomic E-state index is 0.0205. The molecule has 8 nitrogen and oxygen atoms in total. The molecule has 1 fully saturated rings. The molecule has 0 spiro atoms. The molecule has 0 bridgehead atoms. The molecular formula is C23H26N6O2. The number of piperidine rings is 1. The zero-order chi connectivity index (χ0) is 21.6. The number of amides is 3. The third-order valence-corrected chi connectivity index (χ3v) is 5.61. The van der Waals surface area contributed by atoms with E-state index in [4.69, 9.17) is 0 Å². The summed E-state index contributed by atoms with van der Waals surface area (Å²) in [5.41, 5.74) is 2.72. The lowest BCUT2D eigenvalue weighted by Gasteiger charge is -2.32. The second-order valence-electron chi connectivity index (χ2n) is 7.72. The number of hydrogen-bond donors (Lipinski definition) is 2. The lowest BCUT2D eigenvalue weighted by Crippen LogP contribution is -2.46. The number of urea groups is 1. The minimum Gasteiger partial charge on any atom is -0.331 e. The number of hydrogen-bond acceptors (Lipinski definition) is 4. The van der Waals surface area contributed by atoms with Gasteiger partial charge in [0, 0.05) is 24.7 Å². The van der Waals surface area contributed by atoms with Gasteiger partial charge >= 0.3 is 6.03 Å². The number of nitrogens with one attached hydrogen (secondary N) is 2. The standard InChI is InChI=1S/C23H26N6O2/c1-17(18-7-9-21(10-8-18)29-16-24-15-25-29)26-23(31)28-13-11-19(12-14-28)22(30)27-20-5-3-2-4-6-20/h2-10,15-17,19H,11-14H2,1H3,(H,26,31)(H,27,30). The summed E-state index contributed by atoms with van der Waals surface area (Å²) in [7, 11) is 0. The van der Waals surface area contributed by atoms with Crippen LogP contribution in [0.2, 0.25) is 0 Å². The fraction of sp³-hybridized carbons (Fsp3) is 0.304. The van der Waals surface area contributed by atoms with Crippen LogP contribution in [0.3, 0.4) is 0 Å².